The number of amides is 1. The van der Waals surface area contributed by atoms with E-state index in [4.69, 9.17) is 19.0 Å². The van der Waals surface area contributed by atoms with E-state index in [1.54, 1.807) is 79.7 Å². The minimum atomic E-state index is -1.12. The van der Waals surface area contributed by atoms with Gasteiger partial charge in [0, 0.05) is 0 Å². The molecule has 3 atom stereocenters. The number of hydrogen-bond donors (Lipinski definition) is 0. The lowest BCUT2D eigenvalue weighted by Crippen LogP contribution is -2.42. The van der Waals surface area contributed by atoms with Gasteiger partial charge in [-0.25, -0.2) is 14.0 Å². The fraction of sp³-hybridized carbons (Fsp3) is 0.214. The van der Waals surface area contributed by atoms with Crippen molar-refractivity contribution in [1.82, 2.24) is 5.06 Å². The lowest BCUT2D eigenvalue weighted by Gasteiger charge is -2.22. The molecule has 1 fully saturated rings. The smallest absolute Gasteiger partial charge is 0.408 e. The van der Waals surface area contributed by atoms with Crippen LogP contribution in [0.25, 0.3) is 0 Å². The third kappa shape index (κ3) is 6.84. The number of benzene rings is 3. The highest BCUT2D eigenvalue weighted by molar-refractivity contribution is 5.73. The first-order chi connectivity index (χ1) is 17.5. The summed E-state index contributed by atoms with van der Waals surface area (Å²) < 4.78 is 29.6. The lowest BCUT2D eigenvalue weighted by molar-refractivity contribution is -0.100. The molecular formula is C28H24FNO6. The van der Waals surface area contributed by atoms with Crippen molar-refractivity contribution in [3.05, 3.63) is 96.3 Å². The van der Waals surface area contributed by atoms with Gasteiger partial charge in [-0.05, 0) is 61.7 Å². The van der Waals surface area contributed by atoms with Crippen LogP contribution in [0.4, 0.5) is 14.0 Å². The Hall–Kier alpha value is -4.35. The minimum Gasteiger partial charge on any atom is -0.408 e. The lowest BCUT2D eigenvalue weighted by atomic mass is 10.1. The summed E-state index contributed by atoms with van der Waals surface area (Å²) in [7, 11) is 0. The van der Waals surface area contributed by atoms with Gasteiger partial charge in [0.15, 0.2) is 0 Å². The number of carbonyl (C=O) groups is 2. The van der Waals surface area contributed by atoms with Crippen LogP contribution >= 0.6 is 0 Å². The van der Waals surface area contributed by atoms with Gasteiger partial charge in [0.2, 0.25) is 0 Å². The van der Waals surface area contributed by atoms with E-state index in [0.29, 0.717) is 6.42 Å². The van der Waals surface area contributed by atoms with Crippen LogP contribution in [0, 0.1) is 17.7 Å². The van der Waals surface area contributed by atoms with E-state index in [1.807, 2.05) is 0 Å². The zero-order valence-corrected chi connectivity index (χ0v) is 19.5. The molecule has 3 aromatic rings. The van der Waals surface area contributed by atoms with Gasteiger partial charge in [0.1, 0.15) is 29.5 Å². The fourth-order valence-corrected chi connectivity index (χ4v) is 3.53. The number of halogens is 1. The normalized spacial score (nSPS) is 17.3. The molecule has 8 heteroatoms. The van der Waals surface area contributed by atoms with Crippen LogP contribution in [0.1, 0.15) is 31.4 Å². The van der Waals surface area contributed by atoms with Gasteiger partial charge in [-0.15, -0.1) is 5.06 Å². The maximum absolute atomic E-state index is 13.2. The zero-order chi connectivity index (χ0) is 25.3. The first-order valence-electron chi connectivity index (χ1n) is 11.4. The molecule has 0 bridgehead atoms. The van der Waals surface area contributed by atoms with Gasteiger partial charge in [-0.1, -0.05) is 60.4 Å². The first kappa shape index (κ1) is 24.8. The van der Waals surface area contributed by atoms with E-state index in [2.05, 4.69) is 11.8 Å². The van der Waals surface area contributed by atoms with Gasteiger partial charge in [-0.3, -0.25) is 4.84 Å². The SMILES string of the molecule is CC(C#C[C@@H]1CC[C@@H](c2ccc(F)cc2)O1)N(OC(=O)Oc1ccccc1)C(=O)Oc1ccccc1. The second-order valence-corrected chi connectivity index (χ2v) is 7.97. The van der Waals surface area contributed by atoms with Crippen molar-refractivity contribution >= 4 is 12.2 Å². The van der Waals surface area contributed by atoms with Crippen LogP contribution in [-0.4, -0.2) is 29.5 Å². The molecule has 36 heavy (non-hydrogen) atoms. The monoisotopic (exact) mass is 489 g/mol. The number of nitrogens with zero attached hydrogens (tertiary/aromatic N) is 1. The van der Waals surface area contributed by atoms with Crippen molar-refractivity contribution in [2.24, 2.45) is 0 Å². The average Bonchev–Trinajstić information content (AvgIpc) is 3.36. The highest BCUT2D eigenvalue weighted by Crippen LogP contribution is 2.32. The molecule has 1 amide bonds. The summed E-state index contributed by atoms with van der Waals surface area (Å²) in [5.41, 5.74) is 0.869. The van der Waals surface area contributed by atoms with E-state index in [1.165, 1.54) is 12.1 Å². The topological polar surface area (TPSA) is 74.3 Å². The van der Waals surface area contributed by atoms with Gasteiger partial charge in [-0.2, -0.15) is 0 Å². The summed E-state index contributed by atoms with van der Waals surface area (Å²) in [6.07, 6.45) is -1.27. The molecular weight excluding hydrogens is 465 g/mol. The van der Waals surface area contributed by atoms with Crippen molar-refractivity contribution in [1.29, 1.82) is 0 Å². The molecule has 4 rings (SSSR count). The molecule has 0 saturated carbocycles. The van der Waals surface area contributed by atoms with E-state index >= 15 is 0 Å². The molecule has 0 radical (unpaired) electrons. The summed E-state index contributed by atoms with van der Waals surface area (Å²) in [4.78, 5) is 30.4. The summed E-state index contributed by atoms with van der Waals surface area (Å²) >= 11 is 0. The van der Waals surface area contributed by atoms with Crippen molar-refractivity contribution in [2.75, 3.05) is 0 Å². The Bertz CT molecular complexity index is 1220. The summed E-state index contributed by atoms with van der Waals surface area (Å²) in [5, 5.41) is 0.720. The number of hydrogen-bond acceptors (Lipinski definition) is 6. The van der Waals surface area contributed by atoms with Crippen molar-refractivity contribution in [2.45, 2.75) is 38.0 Å². The maximum Gasteiger partial charge on any atom is 0.539 e. The predicted octanol–water partition coefficient (Wildman–Crippen LogP) is 6.07. The van der Waals surface area contributed by atoms with Gasteiger partial charge >= 0.3 is 12.2 Å². The van der Waals surface area contributed by atoms with Crippen LogP contribution in [0.15, 0.2) is 84.9 Å². The maximum atomic E-state index is 13.2. The molecule has 1 aliphatic rings. The van der Waals surface area contributed by atoms with E-state index in [0.717, 1.165) is 17.0 Å². The number of rotatable bonds is 4. The second kappa shape index (κ2) is 11.9. The Balaban J connectivity index is 1.43. The number of ether oxygens (including phenoxy) is 3. The first-order valence-corrected chi connectivity index (χ1v) is 11.4. The molecule has 7 nitrogen and oxygen atoms in total. The molecule has 0 N–H and O–H groups in total. The second-order valence-electron chi connectivity index (χ2n) is 7.97. The van der Waals surface area contributed by atoms with Gasteiger partial charge in [0.25, 0.3) is 0 Å². The molecule has 1 unspecified atom stereocenters. The molecule has 0 aliphatic carbocycles. The third-order valence-corrected chi connectivity index (χ3v) is 5.31. The van der Waals surface area contributed by atoms with E-state index < -0.39 is 24.4 Å². The van der Waals surface area contributed by atoms with Crippen LogP contribution < -0.4 is 9.47 Å². The largest absolute Gasteiger partial charge is 0.539 e. The van der Waals surface area contributed by atoms with E-state index in [-0.39, 0.29) is 23.4 Å². The number of hydroxylamine groups is 2. The predicted molar refractivity (Wildman–Crippen MR) is 128 cm³/mol. The number of para-hydroxylation sites is 2. The molecule has 1 aliphatic heterocycles. The highest BCUT2D eigenvalue weighted by Gasteiger charge is 2.29. The fourth-order valence-electron chi connectivity index (χ4n) is 3.53. The van der Waals surface area contributed by atoms with E-state index in [9.17, 15) is 14.0 Å². The van der Waals surface area contributed by atoms with Gasteiger partial charge < -0.3 is 14.2 Å². The molecule has 184 valence electrons. The third-order valence-electron chi connectivity index (χ3n) is 5.31. The highest BCUT2D eigenvalue weighted by atomic mass is 19.1. The summed E-state index contributed by atoms with van der Waals surface area (Å²) in [6.45, 7) is 1.58. The van der Waals surface area contributed by atoms with Crippen LogP contribution in [0.3, 0.4) is 0 Å². The van der Waals surface area contributed by atoms with Crippen LogP contribution in [0.2, 0.25) is 0 Å². The average molecular weight is 489 g/mol. The standard InChI is InChI=1S/C28H24FNO6/c1-20(12-17-25-18-19-26(33-25)21-13-15-22(29)16-14-21)30(27(31)34-23-8-4-2-5-9-23)36-28(32)35-24-10-6-3-7-11-24/h2-11,13-16,20,25-26H,18-19H2,1H3/t20?,25-,26+/m1/s1. The van der Waals surface area contributed by atoms with Crippen LogP contribution in [0.5, 0.6) is 11.5 Å². The Morgan fingerprint density at radius 2 is 1.53 bits per heavy atom. The van der Waals surface area contributed by atoms with Crippen LogP contribution in [-0.2, 0) is 9.57 Å². The zero-order valence-electron chi connectivity index (χ0n) is 19.5. The Morgan fingerprint density at radius 1 is 0.917 bits per heavy atom. The molecule has 1 heterocycles. The molecule has 0 spiro atoms. The van der Waals surface area contributed by atoms with Crippen molar-refractivity contribution in [3.63, 3.8) is 0 Å². The van der Waals surface area contributed by atoms with Crippen molar-refractivity contribution < 1.29 is 33.0 Å². The Kier molecular flexibility index (Phi) is 8.16. The Labute approximate surface area is 208 Å². The number of carbonyl (C=O) groups excluding carboxylic acids is 2. The quantitative estimate of drug-likeness (QED) is 0.192. The minimum absolute atomic E-state index is 0.198. The Morgan fingerprint density at radius 3 is 2.17 bits per heavy atom. The molecule has 1 saturated heterocycles. The van der Waals surface area contributed by atoms with Gasteiger partial charge in [0.05, 0.1) is 6.10 Å². The molecule has 3 aromatic carbocycles. The summed E-state index contributed by atoms with van der Waals surface area (Å²) in [6, 6.07) is 22.0. The summed E-state index contributed by atoms with van der Waals surface area (Å²) in [5.74, 6) is 6.10. The molecule has 0 aromatic heterocycles. The van der Waals surface area contributed by atoms with Crippen molar-refractivity contribution in [3.8, 4) is 23.3 Å².